The highest BCUT2D eigenvalue weighted by atomic mass is 19.1. The monoisotopic (exact) mass is 222 g/mol. The number of rotatable bonds is 3. The SMILES string of the molecule is [N-]=C=C(C(=O)Nc1ccccc1F)[N+](=O)[O-]. The molecule has 0 aromatic heterocycles. The van der Waals surface area contributed by atoms with Gasteiger partial charge in [-0.3, -0.25) is 14.9 Å². The third-order valence-corrected chi connectivity index (χ3v) is 1.63. The number of para-hydroxylation sites is 1. The van der Waals surface area contributed by atoms with E-state index in [1.807, 2.05) is 5.32 Å². The number of hydrogen-bond acceptors (Lipinski definition) is 3. The molecule has 6 nitrogen and oxygen atoms in total. The Morgan fingerprint density at radius 3 is 2.62 bits per heavy atom. The highest BCUT2D eigenvalue weighted by Crippen LogP contribution is 2.13. The number of carbonyl (C=O) groups is 1. The van der Waals surface area contributed by atoms with Crippen LogP contribution in [0.2, 0.25) is 0 Å². The van der Waals surface area contributed by atoms with Crippen molar-refractivity contribution in [2.24, 2.45) is 0 Å². The number of hydrogen-bond donors (Lipinski definition) is 1. The van der Waals surface area contributed by atoms with Crippen molar-refractivity contribution < 1.29 is 14.1 Å². The third kappa shape index (κ3) is 2.49. The lowest BCUT2D eigenvalue weighted by Gasteiger charge is -2.03. The second-order valence-corrected chi connectivity index (χ2v) is 2.65. The number of halogens is 1. The van der Waals surface area contributed by atoms with Gasteiger partial charge in [-0.25, -0.2) is 4.39 Å². The molecule has 0 aliphatic carbocycles. The third-order valence-electron chi connectivity index (χ3n) is 1.63. The molecule has 0 aliphatic heterocycles. The Balaban J connectivity index is 2.92. The van der Waals surface area contributed by atoms with Crippen molar-refractivity contribution in [1.29, 1.82) is 0 Å². The Hall–Kier alpha value is -2.53. The maximum absolute atomic E-state index is 13.0. The fraction of sp³-hybridized carbons (Fsp3) is 0. The summed E-state index contributed by atoms with van der Waals surface area (Å²) in [6, 6.07) is 5.14. The zero-order valence-electron chi connectivity index (χ0n) is 7.81. The average Bonchev–Trinajstić information content (AvgIpc) is 2.22. The van der Waals surface area contributed by atoms with Crippen molar-refractivity contribution >= 4 is 17.5 Å². The van der Waals surface area contributed by atoms with Crippen molar-refractivity contribution in [3.63, 3.8) is 0 Å². The maximum atomic E-state index is 13.0. The smallest absolute Gasteiger partial charge is 0.353 e. The molecule has 0 atom stereocenters. The van der Waals surface area contributed by atoms with Gasteiger partial charge in [0.2, 0.25) is 0 Å². The molecule has 0 aliphatic rings. The van der Waals surface area contributed by atoms with E-state index in [2.05, 4.69) is 0 Å². The molecule has 0 bridgehead atoms. The summed E-state index contributed by atoms with van der Waals surface area (Å²) >= 11 is 0. The van der Waals surface area contributed by atoms with Gasteiger partial charge in [0.25, 0.3) is 0 Å². The summed E-state index contributed by atoms with van der Waals surface area (Å²) in [5.41, 5.74) is -1.41. The molecule has 0 saturated heterocycles. The van der Waals surface area contributed by atoms with Crippen LogP contribution in [0.25, 0.3) is 5.41 Å². The molecule has 1 rings (SSSR count). The quantitative estimate of drug-likeness (QED) is 0.360. The lowest BCUT2D eigenvalue weighted by atomic mass is 10.3. The Bertz CT molecular complexity index is 495. The fourth-order valence-corrected chi connectivity index (χ4v) is 0.919. The van der Waals surface area contributed by atoms with Crippen LogP contribution in [0.1, 0.15) is 0 Å². The van der Waals surface area contributed by atoms with Crippen LogP contribution >= 0.6 is 0 Å². The molecular weight excluding hydrogens is 217 g/mol. The van der Waals surface area contributed by atoms with Crippen LogP contribution in [-0.2, 0) is 4.79 Å². The Kier molecular flexibility index (Phi) is 3.47. The standard InChI is InChI=1S/C9H5FN3O3/c10-6-3-1-2-4-7(6)12-9(14)8(5-11)13(15)16/h1-4H,(H,12,14)/q-1. The summed E-state index contributed by atoms with van der Waals surface area (Å²) in [4.78, 5) is 20.3. The maximum Gasteiger partial charge on any atom is 0.353 e. The number of benzene rings is 1. The Morgan fingerprint density at radius 2 is 2.12 bits per heavy atom. The summed E-state index contributed by atoms with van der Waals surface area (Å²) in [6.45, 7) is 0. The number of amides is 1. The van der Waals surface area contributed by atoms with E-state index < -0.39 is 22.3 Å². The van der Waals surface area contributed by atoms with Gasteiger partial charge in [-0.15, -0.1) is 0 Å². The van der Waals surface area contributed by atoms with Crippen LogP contribution in [0.4, 0.5) is 10.1 Å². The van der Waals surface area contributed by atoms with Gasteiger partial charge in [-0.1, -0.05) is 12.1 Å². The van der Waals surface area contributed by atoms with Crippen LogP contribution in [-0.4, -0.2) is 16.7 Å². The second-order valence-electron chi connectivity index (χ2n) is 2.65. The van der Waals surface area contributed by atoms with E-state index in [9.17, 15) is 19.3 Å². The van der Waals surface area contributed by atoms with E-state index in [-0.39, 0.29) is 5.69 Å². The molecule has 0 heterocycles. The van der Waals surface area contributed by atoms with Crippen LogP contribution in [0, 0.1) is 15.9 Å². The molecule has 0 spiro atoms. The molecule has 0 saturated carbocycles. The van der Waals surface area contributed by atoms with Crippen molar-refractivity contribution in [2.75, 3.05) is 5.32 Å². The highest BCUT2D eigenvalue weighted by Gasteiger charge is 2.20. The number of anilines is 1. The van der Waals surface area contributed by atoms with E-state index in [0.717, 1.165) is 11.9 Å². The Labute approximate surface area is 89.1 Å². The van der Waals surface area contributed by atoms with Gasteiger partial charge in [0.15, 0.2) is 0 Å². The molecule has 0 radical (unpaired) electrons. The van der Waals surface area contributed by atoms with Gasteiger partial charge in [-0.2, -0.15) is 5.87 Å². The molecule has 16 heavy (non-hydrogen) atoms. The number of nitrogens with one attached hydrogen (secondary N) is 1. The van der Waals surface area contributed by atoms with E-state index in [1.54, 1.807) is 0 Å². The first-order valence-electron chi connectivity index (χ1n) is 4.03. The minimum atomic E-state index is -1.25. The first kappa shape index (κ1) is 11.5. The highest BCUT2D eigenvalue weighted by molar-refractivity contribution is 6.07. The van der Waals surface area contributed by atoms with Gasteiger partial charge in [0, 0.05) is 0 Å². The molecule has 1 amide bonds. The Morgan fingerprint density at radius 1 is 1.50 bits per heavy atom. The summed E-state index contributed by atoms with van der Waals surface area (Å²) in [5, 5.41) is 20.5. The van der Waals surface area contributed by atoms with Gasteiger partial charge < -0.3 is 10.7 Å². The topological polar surface area (TPSA) is 94.5 Å². The first-order valence-corrected chi connectivity index (χ1v) is 4.03. The molecule has 0 fully saturated rings. The largest absolute Gasteiger partial charge is 0.757 e. The van der Waals surface area contributed by atoms with Crippen LogP contribution in [0.5, 0.6) is 0 Å². The molecule has 82 valence electrons. The van der Waals surface area contributed by atoms with E-state index in [1.165, 1.54) is 18.2 Å². The number of carbonyl (C=O) groups excluding carboxylic acids is 1. The van der Waals surface area contributed by atoms with E-state index in [4.69, 9.17) is 5.41 Å². The van der Waals surface area contributed by atoms with Crippen molar-refractivity contribution in [2.45, 2.75) is 0 Å². The molecule has 7 heteroatoms. The van der Waals surface area contributed by atoms with Crippen molar-refractivity contribution in [3.05, 3.63) is 51.3 Å². The van der Waals surface area contributed by atoms with Gasteiger partial charge >= 0.3 is 11.6 Å². The normalized spacial score (nSPS) is 9.06. The fourth-order valence-electron chi connectivity index (χ4n) is 0.919. The predicted molar refractivity (Wildman–Crippen MR) is 53.9 cm³/mol. The number of nitro groups is 1. The van der Waals surface area contributed by atoms with Gasteiger partial charge in [0.1, 0.15) is 5.82 Å². The lowest BCUT2D eigenvalue weighted by Crippen LogP contribution is -2.20. The summed E-state index contributed by atoms with van der Waals surface area (Å²) < 4.78 is 13.0. The molecule has 1 N–H and O–H groups in total. The van der Waals surface area contributed by atoms with Gasteiger partial charge in [-0.05, 0) is 12.1 Å². The molecule has 1 aromatic carbocycles. The zero-order valence-corrected chi connectivity index (χ0v) is 7.81. The van der Waals surface area contributed by atoms with Crippen LogP contribution < -0.4 is 5.32 Å². The second kappa shape index (κ2) is 4.81. The minimum absolute atomic E-state index is 0.220. The molecular formula is C9H5FN3O3-. The predicted octanol–water partition coefficient (Wildman–Crippen LogP) is 1.16. The summed E-state index contributed by atoms with van der Waals surface area (Å²) in [7, 11) is 0. The lowest BCUT2D eigenvalue weighted by molar-refractivity contribution is -0.415. The molecule has 1 aromatic rings. The summed E-state index contributed by atoms with van der Waals surface area (Å²) in [6.07, 6.45) is 0. The van der Waals surface area contributed by atoms with E-state index >= 15 is 0 Å². The number of nitrogens with zero attached hydrogens (tertiary/aromatic N) is 2. The zero-order chi connectivity index (χ0) is 12.1. The average molecular weight is 222 g/mol. The minimum Gasteiger partial charge on any atom is -0.757 e. The van der Waals surface area contributed by atoms with Gasteiger partial charge in [0.05, 0.1) is 10.6 Å². The van der Waals surface area contributed by atoms with Crippen molar-refractivity contribution in [1.82, 2.24) is 0 Å². The first-order chi connectivity index (χ1) is 7.56. The van der Waals surface area contributed by atoms with E-state index in [0.29, 0.717) is 0 Å². The van der Waals surface area contributed by atoms with Crippen molar-refractivity contribution in [3.8, 4) is 0 Å². The summed E-state index contributed by atoms with van der Waals surface area (Å²) in [5.74, 6) is -0.868. The van der Waals surface area contributed by atoms with Crippen LogP contribution in [0.3, 0.4) is 0 Å². The van der Waals surface area contributed by atoms with Crippen LogP contribution in [0.15, 0.2) is 30.0 Å². The molecule has 0 unspecified atom stereocenters.